The number of hydrogen-bond donors (Lipinski definition) is 2. The van der Waals surface area contributed by atoms with E-state index in [9.17, 15) is 0 Å². The molecule has 28 heavy (non-hydrogen) atoms. The molecule has 0 atom stereocenters. The van der Waals surface area contributed by atoms with Gasteiger partial charge in [0, 0.05) is 33.9 Å². The number of benzene rings is 1. The molecular weight excluding hydrogens is 465 g/mol. The van der Waals surface area contributed by atoms with E-state index in [-0.39, 0.29) is 30.1 Å². The number of aliphatic imine (C=N–C) groups is 1. The van der Waals surface area contributed by atoms with Crippen molar-refractivity contribution < 1.29 is 9.47 Å². The van der Waals surface area contributed by atoms with Gasteiger partial charge in [-0.3, -0.25) is 4.99 Å². The summed E-state index contributed by atoms with van der Waals surface area (Å²) in [4.78, 5) is 4.38. The lowest BCUT2D eigenvalue weighted by atomic mass is 9.83. The first-order chi connectivity index (χ1) is 13.1. The fourth-order valence-corrected chi connectivity index (χ4v) is 3.78. The maximum absolute atomic E-state index is 5.69. The van der Waals surface area contributed by atoms with Crippen LogP contribution < -0.4 is 15.4 Å². The Kier molecular flexibility index (Phi) is 11.8. The van der Waals surface area contributed by atoms with Crippen LogP contribution in [0.2, 0.25) is 0 Å². The zero-order valence-electron chi connectivity index (χ0n) is 17.9. The topological polar surface area (TPSA) is 54.9 Å². The van der Waals surface area contributed by atoms with E-state index >= 15 is 0 Å². The van der Waals surface area contributed by atoms with Crippen molar-refractivity contribution in [3.05, 3.63) is 29.8 Å². The molecule has 0 unspecified atom stereocenters. The van der Waals surface area contributed by atoms with Crippen LogP contribution in [0.4, 0.5) is 0 Å². The normalized spacial score (nSPS) is 16.0. The molecule has 0 bridgehead atoms. The van der Waals surface area contributed by atoms with Gasteiger partial charge >= 0.3 is 0 Å². The fourth-order valence-electron chi connectivity index (χ4n) is 3.78. The lowest BCUT2D eigenvalue weighted by Crippen LogP contribution is -2.43. The number of nitrogens with one attached hydrogen (secondary N) is 2. The molecule has 0 aliphatic heterocycles. The second-order valence-corrected chi connectivity index (χ2v) is 7.86. The van der Waals surface area contributed by atoms with Crippen LogP contribution in [0.1, 0.15) is 51.5 Å². The monoisotopic (exact) mass is 503 g/mol. The number of rotatable bonds is 10. The largest absolute Gasteiger partial charge is 0.491 e. The second-order valence-electron chi connectivity index (χ2n) is 7.86. The van der Waals surface area contributed by atoms with Gasteiger partial charge in [0.2, 0.25) is 0 Å². The molecule has 0 saturated heterocycles. The molecule has 0 radical (unpaired) electrons. The first-order valence-electron chi connectivity index (χ1n) is 10.3. The van der Waals surface area contributed by atoms with E-state index in [2.05, 4.69) is 27.8 Å². The number of hydrogen-bond acceptors (Lipinski definition) is 3. The van der Waals surface area contributed by atoms with Crippen LogP contribution in [-0.4, -0.2) is 45.9 Å². The number of guanidine groups is 1. The zero-order valence-corrected chi connectivity index (χ0v) is 20.3. The van der Waals surface area contributed by atoms with Gasteiger partial charge in [-0.25, -0.2) is 0 Å². The Morgan fingerprint density at radius 1 is 1.14 bits per heavy atom. The summed E-state index contributed by atoms with van der Waals surface area (Å²) in [6.45, 7) is 6.75. The van der Waals surface area contributed by atoms with Crippen LogP contribution in [0, 0.1) is 5.41 Å². The van der Waals surface area contributed by atoms with E-state index in [4.69, 9.17) is 9.47 Å². The van der Waals surface area contributed by atoms with Gasteiger partial charge in [0.1, 0.15) is 5.75 Å². The third-order valence-electron chi connectivity index (χ3n) is 5.36. The van der Waals surface area contributed by atoms with Crippen LogP contribution in [0.3, 0.4) is 0 Å². The van der Waals surface area contributed by atoms with Crippen molar-refractivity contribution in [3.8, 4) is 5.75 Å². The molecular formula is C22H38IN3O2. The van der Waals surface area contributed by atoms with Gasteiger partial charge in [-0.15, -0.1) is 24.0 Å². The molecule has 2 rings (SSSR count). The smallest absolute Gasteiger partial charge is 0.191 e. The third-order valence-corrected chi connectivity index (χ3v) is 5.36. The first-order valence-corrected chi connectivity index (χ1v) is 10.3. The van der Waals surface area contributed by atoms with Gasteiger partial charge in [-0.05, 0) is 62.6 Å². The van der Waals surface area contributed by atoms with Gasteiger partial charge in [-0.1, -0.05) is 25.0 Å². The SMILES string of the molecule is CN=C(NCCc1ccc(OC(C)C)cc1)NCC1(CCOC)CCCC1.I. The minimum absolute atomic E-state index is 0. The van der Waals surface area contributed by atoms with Gasteiger partial charge in [-0.2, -0.15) is 0 Å². The molecule has 1 aromatic rings. The standard InChI is InChI=1S/C22H37N3O2.HI/c1-18(2)27-20-9-7-19(8-10-20)11-15-24-21(23-3)25-17-22(14-16-26-4)12-5-6-13-22;/h7-10,18H,5-6,11-17H2,1-4H3,(H2,23,24,25);1H. The summed E-state index contributed by atoms with van der Waals surface area (Å²) < 4.78 is 11.0. The quantitative estimate of drug-likeness (QED) is 0.283. The highest BCUT2D eigenvalue weighted by atomic mass is 127. The summed E-state index contributed by atoms with van der Waals surface area (Å²) in [7, 11) is 3.63. The molecule has 1 aliphatic rings. The summed E-state index contributed by atoms with van der Waals surface area (Å²) in [5.74, 6) is 1.82. The summed E-state index contributed by atoms with van der Waals surface area (Å²) >= 11 is 0. The van der Waals surface area contributed by atoms with Crippen molar-refractivity contribution in [1.29, 1.82) is 0 Å². The highest BCUT2D eigenvalue weighted by Crippen LogP contribution is 2.40. The van der Waals surface area contributed by atoms with E-state index in [1.165, 1.54) is 31.2 Å². The van der Waals surface area contributed by atoms with E-state index in [0.717, 1.165) is 44.2 Å². The van der Waals surface area contributed by atoms with Crippen molar-refractivity contribution in [1.82, 2.24) is 10.6 Å². The Balaban J connectivity index is 0.00000392. The number of halogens is 1. The highest BCUT2D eigenvalue weighted by Gasteiger charge is 2.33. The minimum atomic E-state index is 0. The van der Waals surface area contributed by atoms with Crippen LogP contribution in [0.25, 0.3) is 0 Å². The summed E-state index contributed by atoms with van der Waals surface area (Å²) in [6.07, 6.45) is 7.51. The van der Waals surface area contributed by atoms with Crippen molar-refractivity contribution in [2.75, 3.05) is 33.9 Å². The van der Waals surface area contributed by atoms with Crippen molar-refractivity contribution in [3.63, 3.8) is 0 Å². The van der Waals surface area contributed by atoms with Crippen molar-refractivity contribution in [2.24, 2.45) is 10.4 Å². The first kappa shape index (κ1) is 25.0. The van der Waals surface area contributed by atoms with Gasteiger partial charge < -0.3 is 20.1 Å². The molecule has 0 aromatic heterocycles. The lowest BCUT2D eigenvalue weighted by molar-refractivity contribution is 0.138. The molecule has 0 amide bonds. The summed E-state index contributed by atoms with van der Waals surface area (Å²) in [6, 6.07) is 8.35. The summed E-state index contributed by atoms with van der Waals surface area (Å²) in [5, 5.41) is 6.98. The van der Waals surface area contributed by atoms with E-state index < -0.39 is 0 Å². The van der Waals surface area contributed by atoms with Crippen molar-refractivity contribution >= 4 is 29.9 Å². The van der Waals surface area contributed by atoms with Crippen LogP contribution >= 0.6 is 24.0 Å². The number of methoxy groups -OCH3 is 1. The average Bonchev–Trinajstić information content (AvgIpc) is 3.13. The average molecular weight is 503 g/mol. The zero-order chi connectivity index (χ0) is 19.5. The molecule has 1 aliphatic carbocycles. The molecule has 1 fully saturated rings. The van der Waals surface area contributed by atoms with Crippen molar-refractivity contribution in [2.45, 2.75) is 58.5 Å². The summed E-state index contributed by atoms with van der Waals surface area (Å²) in [5.41, 5.74) is 1.65. The number of ether oxygens (including phenoxy) is 2. The lowest BCUT2D eigenvalue weighted by Gasteiger charge is -2.30. The molecule has 1 saturated carbocycles. The Morgan fingerprint density at radius 2 is 1.82 bits per heavy atom. The van der Waals surface area contributed by atoms with Gasteiger partial charge in [0.05, 0.1) is 6.10 Å². The predicted octanol–water partition coefficient (Wildman–Crippen LogP) is 4.40. The second kappa shape index (κ2) is 13.2. The van der Waals surface area contributed by atoms with E-state index in [1.54, 1.807) is 7.11 Å². The van der Waals surface area contributed by atoms with Crippen LogP contribution in [0.5, 0.6) is 5.75 Å². The highest BCUT2D eigenvalue weighted by molar-refractivity contribution is 14.0. The Hall–Kier alpha value is -1.02. The number of nitrogens with zero attached hydrogens (tertiary/aromatic N) is 1. The Morgan fingerprint density at radius 3 is 2.39 bits per heavy atom. The molecule has 1 aromatic carbocycles. The van der Waals surface area contributed by atoms with E-state index in [1.807, 2.05) is 33.0 Å². The minimum Gasteiger partial charge on any atom is -0.491 e. The Labute approximate surface area is 188 Å². The molecule has 160 valence electrons. The maximum atomic E-state index is 5.69. The van der Waals surface area contributed by atoms with Crippen LogP contribution in [-0.2, 0) is 11.2 Å². The van der Waals surface area contributed by atoms with Gasteiger partial charge in [0.25, 0.3) is 0 Å². The molecule has 0 spiro atoms. The Bertz CT molecular complexity index is 570. The fraction of sp³-hybridized carbons (Fsp3) is 0.682. The maximum Gasteiger partial charge on any atom is 0.191 e. The molecule has 0 heterocycles. The molecule has 5 nitrogen and oxygen atoms in total. The predicted molar refractivity (Wildman–Crippen MR) is 128 cm³/mol. The molecule has 2 N–H and O–H groups in total. The van der Waals surface area contributed by atoms with Crippen LogP contribution in [0.15, 0.2) is 29.3 Å². The molecule has 6 heteroatoms. The van der Waals surface area contributed by atoms with E-state index in [0.29, 0.717) is 5.41 Å². The third kappa shape index (κ3) is 8.55. The van der Waals surface area contributed by atoms with Gasteiger partial charge in [0.15, 0.2) is 5.96 Å².